The van der Waals surface area contributed by atoms with Crippen molar-refractivity contribution in [2.75, 3.05) is 24.5 Å². The van der Waals surface area contributed by atoms with E-state index >= 15 is 0 Å². The molecule has 4 heterocycles. The van der Waals surface area contributed by atoms with E-state index in [-0.39, 0.29) is 12.2 Å². The van der Waals surface area contributed by atoms with Crippen LogP contribution in [0.2, 0.25) is 5.02 Å². The van der Waals surface area contributed by atoms with E-state index < -0.39 is 0 Å². The number of hydrogen-bond acceptors (Lipinski definition) is 6. The van der Waals surface area contributed by atoms with Gasteiger partial charge in [0.1, 0.15) is 5.82 Å². The molecule has 2 aliphatic rings. The van der Waals surface area contributed by atoms with Gasteiger partial charge in [-0.05, 0) is 49.7 Å². The van der Waals surface area contributed by atoms with Crippen molar-refractivity contribution in [3.63, 3.8) is 0 Å². The third-order valence-electron chi connectivity index (χ3n) is 6.07. The zero-order chi connectivity index (χ0) is 22.1. The lowest BCUT2D eigenvalue weighted by atomic mass is 10.1. The highest BCUT2D eigenvalue weighted by Crippen LogP contribution is 2.24. The molecule has 166 valence electrons. The molecular formula is C25H28ClN5O. The number of rotatable bonds is 4. The highest BCUT2D eigenvalue weighted by molar-refractivity contribution is 6.30. The van der Waals surface area contributed by atoms with Gasteiger partial charge in [-0.1, -0.05) is 17.7 Å². The number of benzene rings is 1. The fraction of sp³-hybridized carbons (Fsp3) is 0.400. The first-order valence-electron chi connectivity index (χ1n) is 11.2. The number of halogens is 1. The standard InChI is InChI=1S/C25H28ClN5O/c1-17-13-31(14-18(2)32-17)24-8-3-19(11-27-24)15-30-10-9-23-21(16-30)12-28-25(29-23)20-4-6-22(26)7-5-20/h3-8,11-12,17-18H,9-10,13-16H2,1-2H3. The topological polar surface area (TPSA) is 54.4 Å². The molecule has 7 heteroatoms. The van der Waals surface area contributed by atoms with Gasteiger partial charge in [-0.25, -0.2) is 15.0 Å². The molecular weight excluding hydrogens is 422 g/mol. The van der Waals surface area contributed by atoms with Crippen molar-refractivity contribution < 1.29 is 4.74 Å². The Balaban J connectivity index is 1.23. The van der Waals surface area contributed by atoms with E-state index in [0.717, 1.165) is 67.1 Å². The van der Waals surface area contributed by atoms with Crippen LogP contribution in [0, 0.1) is 0 Å². The maximum absolute atomic E-state index is 6.00. The summed E-state index contributed by atoms with van der Waals surface area (Å²) < 4.78 is 5.84. The molecule has 2 unspecified atom stereocenters. The summed E-state index contributed by atoms with van der Waals surface area (Å²) in [6, 6.07) is 12.0. The molecule has 2 aliphatic heterocycles. The first-order valence-corrected chi connectivity index (χ1v) is 11.6. The van der Waals surface area contributed by atoms with Crippen molar-refractivity contribution in [3.8, 4) is 11.4 Å². The molecule has 5 rings (SSSR count). The second-order valence-corrected chi connectivity index (χ2v) is 9.26. The normalized spacial score (nSPS) is 21.4. The lowest BCUT2D eigenvalue weighted by molar-refractivity contribution is -0.00546. The van der Waals surface area contributed by atoms with Gasteiger partial charge in [0.2, 0.25) is 0 Å². The van der Waals surface area contributed by atoms with Crippen LogP contribution in [-0.2, 0) is 24.2 Å². The van der Waals surface area contributed by atoms with Crippen LogP contribution in [0.5, 0.6) is 0 Å². The van der Waals surface area contributed by atoms with Gasteiger partial charge in [0, 0.05) is 67.7 Å². The average molecular weight is 450 g/mol. The Kier molecular flexibility index (Phi) is 6.09. The van der Waals surface area contributed by atoms with Crippen molar-refractivity contribution >= 4 is 17.4 Å². The number of ether oxygens (including phenoxy) is 1. The van der Waals surface area contributed by atoms with Gasteiger partial charge in [0.15, 0.2) is 5.82 Å². The van der Waals surface area contributed by atoms with Gasteiger partial charge < -0.3 is 9.64 Å². The van der Waals surface area contributed by atoms with Crippen LogP contribution in [0.15, 0.2) is 48.8 Å². The van der Waals surface area contributed by atoms with Crippen LogP contribution >= 0.6 is 11.6 Å². The van der Waals surface area contributed by atoms with E-state index in [2.05, 4.69) is 40.8 Å². The lowest BCUT2D eigenvalue weighted by Crippen LogP contribution is -2.45. The number of morpholine rings is 1. The van der Waals surface area contributed by atoms with Crippen molar-refractivity contribution in [3.05, 3.63) is 70.6 Å². The molecule has 2 aromatic heterocycles. The summed E-state index contributed by atoms with van der Waals surface area (Å²) in [5, 5.41) is 0.721. The van der Waals surface area contributed by atoms with Gasteiger partial charge in [-0.15, -0.1) is 0 Å². The maximum Gasteiger partial charge on any atom is 0.159 e. The Morgan fingerprint density at radius 1 is 1.00 bits per heavy atom. The SMILES string of the molecule is CC1CN(c2ccc(CN3CCc4nc(-c5ccc(Cl)cc5)ncc4C3)cn2)CC(C)O1. The highest BCUT2D eigenvalue weighted by Gasteiger charge is 2.23. The molecule has 3 aromatic rings. The fourth-order valence-electron chi connectivity index (χ4n) is 4.57. The first kappa shape index (κ1) is 21.3. The number of fused-ring (bicyclic) bond motifs is 1. The number of aromatic nitrogens is 3. The smallest absolute Gasteiger partial charge is 0.159 e. The second-order valence-electron chi connectivity index (χ2n) is 8.82. The largest absolute Gasteiger partial charge is 0.372 e. The Labute approximate surface area is 194 Å². The van der Waals surface area contributed by atoms with Crippen molar-refractivity contribution in [2.45, 2.75) is 45.6 Å². The predicted octanol–water partition coefficient (Wildman–Crippen LogP) is 4.36. The molecule has 2 atom stereocenters. The molecule has 1 fully saturated rings. The highest BCUT2D eigenvalue weighted by atomic mass is 35.5. The van der Waals surface area contributed by atoms with Crippen molar-refractivity contribution in [2.24, 2.45) is 0 Å². The quantitative estimate of drug-likeness (QED) is 0.589. The third kappa shape index (κ3) is 4.77. The van der Waals surface area contributed by atoms with Crippen LogP contribution in [-0.4, -0.2) is 51.7 Å². The second kappa shape index (κ2) is 9.14. The summed E-state index contributed by atoms with van der Waals surface area (Å²) in [6.07, 6.45) is 5.37. The maximum atomic E-state index is 6.00. The van der Waals surface area contributed by atoms with Crippen molar-refractivity contribution in [1.82, 2.24) is 19.9 Å². The van der Waals surface area contributed by atoms with E-state index in [0.29, 0.717) is 0 Å². The van der Waals surface area contributed by atoms with Gasteiger partial charge in [-0.2, -0.15) is 0 Å². The number of nitrogens with zero attached hydrogens (tertiary/aromatic N) is 5. The minimum atomic E-state index is 0.232. The van der Waals surface area contributed by atoms with Gasteiger partial charge in [0.05, 0.1) is 17.9 Å². The molecule has 6 nitrogen and oxygen atoms in total. The van der Waals surface area contributed by atoms with Crippen LogP contribution in [0.1, 0.15) is 30.7 Å². The third-order valence-corrected chi connectivity index (χ3v) is 6.33. The molecule has 0 radical (unpaired) electrons. The summed E-state index contributed by atoms with van der Waals surface area (Å²) in [5.74, 6) is 1.79. The molecule has 0 bridgehead atoms. The van der Waals surface area contributed by atoms with Crippen LogP contribution in [0.25, 0.3) is 11.4 Å². The minimum Gasteiger partial charge on any atom is -0.372 e. The fourth-order valence-corrected chi connectivity index (χ4v) is 4.69. The van der Waals surface area contributed by atoms with Gasteiger partial charge in [0.25, 0.3) is 0 Å². The van der Waals surface area contributed by atoms with Gasteiger partial charge in [-0.3, -0.25) is 4.90 Å². The van der Waals surface area contributed by atoms with E-state index in [4.69, 9.17) is 26.3 Å². The zero-order valence-electron chi connectivity index (χ0n) is 18.5. The molecule has 1 saturated heterocycles. The first-order chi connectivity index (χ1) is 15.5. The van der Waals surface area contributed by atoms with E-state index in [1.807, 2.05) is 36.7 Å². The molecule has 32 heavy (non-hydrogen) atoms. The van der Waals surface area contributed by atoms with Crippen molar-refractivity contribution in [1.29, 1.82) is 0 Å². The van der Waals surface area contributed by atoms with E-state index in [9.17, 15) is 0 Å². The Hall–Kier alpha value is -2.54. The predicted molar refractivity (Wildman–Crippen MR) is 127 cm³/mol. The van der Waals surface area contributed by atoms with Crippen LogP contribution < -0.4 is 4.90 Å². The van der Waals surface area contributed by atoms with E-state index in [1.54, 1.807) is 0 Å². The Morgan fingerprint density at radius 2 is 1.78 bits per heavy atom. The molecule has 0 amide bonds. The minimum absolute atomic E-state index is 0.232. The monoisotopic (exact) mass is 449 g/mol. The van der Waals surface area contributed by atoms with E-state index in [1.165, 1.54) is 11.1 Å². The lowest BCUT2D eigenvalue weighted by Gasteiger charge is -2.36. The summed E-state index contributed by atoms with van der Waals surface area (Å²) in [5.41, 5.74) is 4.57. The number of anilines is 1. The average Bonchev–Trinajstić information content (AvgIpc) is 2.79. The Bertz CT molecular complexity index is 1060. The Morgan fingerprint density at radius 3 is 2.50 bits per heavy atom. The summed E-state index contributed by atoms with van der Waals surface area (Å²) in [4.78, 5) is 18.9. The molecule has 0 N–H and O–H groups in total. The summed E-state index contributed by atoms with van der Waals surface area (Å²) >= 11 is 6.00. The summed E-state index contributed by atoms with van der Waals surface area (Å²) in [7, 11) is 0. The molecule has 0 saturated carbocycles. The molecule has 1 aromatic carbocycles. The molecule has 0 spiro atoms. The van der Waals surface area contributed by atoms with Crippen LogP contribution in [0.3, 0.4) is 0 Å². The molecule has 0 aliphatic carbocycles. The van der Waals surface area contributed by atoms with Gasteiger partial charge >= 0.3 is 0 Å². The summed E-state index contributed by atoms with van der Waals surface area (Å²) in [6.45, 7) is 8.72. The zero-order valence-corrected chi connectivity index (χ0v) is 19.3. The number of pyridine rings is 1. The number of hydrogen-bond donors (Lipinski definition) is 0. The van der Waals surface area contributed by atoms with Crippen LogP contribution in [0.4, 0.5) is 5.82 Å².